The Bertz CT molecular complexity index is 683. The van der Waals surface area contributed by atoms with Crippen LogP contribution in [0.15, 0.2) is 42.5 Å². The fraction of sp³-hybridized carbons (Fsp3) is 0.235. The van der Waals surface area contributed by atoms with E-state index in [4.69, 9.17) is 5.73 Å². The molecular weight excluding hydrogens is 264 g/mol. The van der Waals surface area contributed by atoms with Gasteiger partial charge in [0.2, 0.25) is 0 Å². The van der Waals surface area contributed by atoms with Crippen LogP contribution in [0.1, 0.15) is 33.8 Å². The standard InChI is InChI=1S/C17H18N2O2/c1-10-7-12(8-14(16(10)18)17(20)21)19-15-9-13(15)11-5-3-2-4-6-11/h2-8,13,15,19H,9,18H2,1H3,(H,20,21). The number of hydrogen-bond acceptors (Lipinski definition) is 3. The summed E-state index contributed by atoms with van der Waals surface area (Å²) in [4.78, 5) is 11.2. The quantitative estimate of drug-likeness (QED) is 0.752. The molecule has 2 aromatic rings. The Morgan fingerprint density at radius 3 is 2.67 bits per heavy atom. The SMILES string of the molecule is Cc1cc(NC2CC2c2ccccc2)cc(C(=O)O)c1N. The van der Waals surface area contributed by atoms with Crippen molar-refractivity contribution < 1.29 is 9.90 Å². The van der Waals surface area contributed by atoms with Crippen molar-refractivity contribution in [1.82, 2.24) is 0 Å². The zero-order chi connectivity index (χ0) is 15.0. The summed E-state index contributed by atoms with van der Waals surface area (Å²) in [5.41, 5.74) is 9.23. The molecule has 21 heavy (non-hydrogen) atoms. The van der Waals surface area contributed by atoms with Gasteiger partial charge in [-0.2, -0.15) is 0 Å². The number of carbonyl (C=O) groups is 1. The lowest BCUT2D eigenvalue weighted by Gasteiger charge is -2.11. The van der Waals surface area contributed by atoms with E-state index in [9.17, 15) is 9.90 Å². The van der Waals surface area contributed by atoms with Gasteiger partial charge in [0.15, 0.2) is 0 Å². The van der Waals surface area contributed by atoms with E-state index in [2.05, 4.69) is 17.4 Å². The van der Waals surface area contributed by atoms with Crippen LogP contribution in [0.3, 0.4) is 0 Å². The highest BCUT2D eigenvalue weighted by Crippen LogP contribution is 2.43. The number of hydrogen-bond donors (Lipinski definition) is 3. The molecule has 0 radical (unpaired) electrons. The molecule has 0 aliphatic heterocycles. The summed E-state index contributed by atoms with van der Waals surface area (Å²) in [5, 5.41) is 12.6. The van der Waals surface area contributed by atoms with Crippen LogP contribution in [0.4, 0.5) is 11.4 Å². The molecule has 4 heteroatoms. The molecular formula is C17H18N2O2. The maximum Gasteiger partial charge on any atom is 0.337 e. The van der Waals surface area contributed by atoms with Gasteiger partial charge in [0.1, 0.15) is 0 Å². The summed E-state index contributed by atoms with van der Waals surface area (Å²) < 4.78 is 0. The van der Waals surface area contributed by atoms with E-state index < -0.39 is 5.97 Å². The number of aromatic carboxylic acids is 1. The normalized spacial score (nSPS) is 20.0. The maximum absolute atomic E-state index is 11.2. The van der Waals surface area contributed by atoms with Crippen LogP contribution in [0.25, 0.3) is 0 Å². The van der Waals surface area contributed by atoms with Crippen LogP contribution in [0.5, 0.6) is 0 Å². The molecule has 1 fully saturated rings. The third-order valence-corrected chi connectivity index (χ3v) is 3.99. The van der Waals surface area contributed by atoms with Crippen molar-refractivity contribution in [3.63, 3.8) is 0 Å². The molecule has 4 nitrogen and oxygen atoms in total. The molecule has 2 unspecified atom stereocenters. The van der Waals surface area contributed by atoms with Gasteiger partial charge >= 0.3 is 5.97 Å². The third-order valence-electron chi connectivity index (χ3n) is 3.99. The minimum atomic E-state index is -0.991. The van der Waals surface area contributed by atoms with E-state index in [1.807, 2.05) is 31.2 Å². The van der Waals surface area contributed by atoms with Crippen molar-refractivity contribution in [2.45, 2.75) is 25.3 Å². The van der Waals surface area contributed by atoms with Crippen LogP contribution >= 0.6 is 0 Å². The lowest BCUT2D eigenvalue weighted by molar-refractivity contribution is 0.0698. The number of aryl methyl sites for hydroxylation is 1. The van der Waals surface area contributed by atoms with E-state index in [1.165, 1.54) is 5.56 Å². The van der Waals surface area contributed by atoms with Crippen LogP contribution in [0, 0.1) is 6.92 Å². The van der Waals surface area contributed by atoms with Gasteiger partial charge in [-0.3, -0.25) is 0 Å². The number of benzene rings is 2. The predicted molar refractivity (Wildman–Crippen MR) is 83.8 cm³/mol. The average Bonchev–Trinajstić information content (AvgIpc) is 3.22. The number of carboxylic acid groups (broad SMARTS) is 1. The smallest absolute Gasteiger partial charge is 0.337 e. The molecule has 0 saturated heterocycles. The van der Waals surface area contributed by atoms with Gasteiger partial charge in [-0.05, 0) is 36.6 Å². The van der Waals surface area contributed by atoms with Crippen molar-refractivity contribution >= 4 is 17.3 Å². The van der Waals surface area contributed by atoms with Crippen molar-refractivity contribution in [2.24, 2.45) is 0 Å². The fourth-order valence-electron chi connectivity index (χ4n) is 2.70. The summed E-state index contributed by atoms with van der Waals surface area (Å²) >= 11 is 0. The topological polar surface area (TPSA) is 75.3 Å². The molecule has 4 N–H and O–H groups in total. The first-order chi connectivity index (χ1) is 10.1. The number of anilines is 2. The highest BCUT2D eigenvalue weighted by molar-refractivity contribution is 5.95. The lowest BCUT2D eigenvalue weighted by Crippen LogP contribution is -2.09. The Morgan fingerprint density at radius 2 is 2.00 bits per heavy atom. The highest BCUT2D eigenvalue weighted by Gasteiger charge is 2.38. The zero-order valence-electron chi connectivity index (χ0n) is 11.8. The van der Waals surface area contributed by atoms with Gasteiger partial charge in [-0.25, -0.2) is 4.79 Å². The van der Waals surface area contributed by atoms with E-state index in [0.29, 0.717) is 17.6 Å². The molecule has 0 aromatic heterocycles. The molecule has 1 aliphatic carbocycles. The highest BCUT2D eigenvalue weighted by atomic mass is 16.4. The minimum absolute atomic E-state index is 0.161. The summed E-state index contributed by atoms with van der Waals surface area (Å²) in [7, 11) is 0. The Balaban J connectivity index is 1.77. The Labute approximate surface area is 123 Å². The molecule has 1 saturated carbocycles. The monoisotopic (exact) mass is 282 g/mol. The molecule has 2 atom stereocenters. The van der Waals surface area contributed by atoms with E-state index >= 15 is 0 Å². The van der Waals surface area contributed by atoms with E-state index in [-0.39, 0.29) is 5.56 Å². The summed E-state index contributed by atoms with van der Waals surface area (Å²) in [6.07, 6.45) is 1.07. The number of nitrogen functional groups attached to an aromatic ring is 1. The number of rotatable bonds is 4. The summed E-state index contributed by atoms with van der Waals surface area (Å²) in [6, 6.07) is 14.2. The Kier molecular flexibility index (Phi) is 3.29. The predicted octanol–water partition coefficient (Wildman–Crippen LogP) is 3.24. The van der Waals surface area contributed by atoms with Crippen molar-refractivity contribution in [2.75, 3.05) is 11.1 Å². The first-order valence-corrected chi connectivity index (χ1v) is 7.01. The van der Waals surface area contributed by atoms with Gasteiger partial charge in [0.05, 0.1) is 5.56 Å². The van der Waals surface area contributed by atoms with Gasteiger partial charge < -0.3 is 16.2 Å². The first-order valence-electron chi connectivity index (χ1n) is 7.01. The Morgan fingerprint density at radius 1 is 1.29 bits per heavy atom. The second kappa shape index (κ2) is 5.13. The van der Waals surface area contributed by atoms with Crippen LogP contribution in [-0.4, -0.2) is 17.1 Å². The van der Waals surface area contributed by atoms with Crippen LogP contribution in [-0.2, 0) is 0 Å². The number of nitrogens with two attached hydrogens (primary N) is 1. The lowest BCUT2D eigenvalue weighted by atomic mass is 10.1. The second-order valence-electron chi connectivity index (χ2n) is 5.56. The number of nitrogens with one attached hydrogen (secondary N) is 1. The van der Waals surface area contributed by atoms with Crippen LogP contribution < -0.4 is 11.1 Å². The van der Waals surface area contributed by atoms with E-state index in [0.717, 1.165) is 17.7 Å². The molecule has 0 spiro atoms. The molecule has 108 valence electrons. The first kappa shape index (κ1) is 13.5. The summed E-state index contributed by atoms with van der Waals surface area (Å²) in [6.45, 7) is 1.83. The minimum Gasteiger partial charge on any atom is -0.478 e. The van der Waals surface area contributed by atoms with Gasteiger partial charge in [0.25, 0.3) is 0 Å². The maximum atomic E-state index is 11.2. The molecule has 2 aromatic carbocycles. The second-order valence-corrected chi connectivity index (χ2v) is 5.56. The summed E-state index contributed by atoms with van der Waals surface area (Å²) in [5.74, 6) is -0.494. The fourth-order valence-corrected chi connectivity index (χ4v) is 2.70. The van der Waals surface area contributed by atoms with Crippen LogP contribution in [0.2, 0.25) is 0 Å². The molecule has 1 aliphatic rings. The van der Waals surface area contributed by atoms with E-state index in [1.54, 1.807) is 6.07 Å². The molecule has 0 amide bonds. The van der Waals surface area contributed by atoms with Crippen molar-refractivity contribution in [3.05, 3.63) is 59.2 Å². The molecule has 0 heterocycles. The molecule has 3 rings (SSSR count). The number of carboxylic acids is 1. The Hall–Kier alpha value is -2.49. The van der Waals surface area contributed by atoms with Gasteiger partial charge in [-0.1, -0.05) is 30.3 Å². The third kappa shape index (κ3) is 2.70. The van der Waals surface area contributed by atoms with Gasteiger partial charge in [0, 0.05) is 23.3 Å². The molecule has 0 bridgehead atoms. The van der Waals surface area contributed by atoms with Crippen molar-refractivity contribution in [3.8, 4) is 0 Å². The zero-order valence-corrected chi connectivity index (χ0v) is 11.8. The average molecular weight is 282 g/mol. The largest absolute Gasteiger partial charge is 0.478 e. The van der Waals surface area contributed by atoms with Crippen molar-refractivity contribution in [1.29, 1.82) is 0 Å². The van der Waals surface area contributed by atoms with Gasteiger partial charge in [-0.15, -0.1) is 0 Å².